The third-order valence-electron chi connectivity index (χ3n) is 4.09. The van der Waals surface area contributed by atoms with Crippen molar-refractivity contribution < 1.29 is 22.6 Å². The molecule has 1 aromatic heterocycles. The van der Waals surface area contributed by atoms with E-state index in [-0.39, 0.29) is 4.77 Å². The first-order chi connectivity index (χ1) is 14.2. The zero-order valence-corrected chi connectivity index (χ0v) is 17.3. The lowest BCUT2D eigenvalue weighted by Crippen LogP contribution is -2.12. The van der Waals surface area contributed by atoms with Gasteiger partial charge in [0, 0.05) is 0 Å². The van der Waals surface area contributed by atoms with Gasteiger partial charge in [-0.1, -0.05) is 29.3 Å². The minimum atomic E-state index is -4.69. The van der Waals surface area contributed by atoms with Crippen LogP contribution in [0.1, 0.15) is 28.1 Å². The number of aromatic amines is 1. The highest BCUT2D eigenvalue weighted by Crippen LogP contribution is 2.29. The van der Waals surface area contributed by atoms with Crippen molar-refractivity contribution in [3.63, 3.8) is 0 Å². The lowest BCUT2D eigenvalue weighted by atomic mass is 10.1. The first-order valence-corrected chi connectivity index (χ1v) is 9.25. The van der Waals surface area contributed by atoms with Crippen molar-refractivity contribution in [3.05, 3.63) is 69.2 Å². The van der Waals surface area contributed by atoms with E-state index >= 15 is 0 Å². The molecule has 3 aromatic rings. The fraction of sp³-hybridized carbons (Fsp3) is 0.250. The molecule has 1 N–H and O–H groups in total. The molecule has 0 radical (unpaired) electrons. The van der Waals surface area contributed by atoms with E-state index in [1.165, 1.54) is 13.3 Å². The fourth-order valence-electron chi connectivity index (χ4n) is 2.90. The average molecular weight is 436 g/mol. The predicted octanol–water partition coefficient (Wildman–Crippen LogP) is 5.05. The summed E-state index contributed by atoms with van der Waals surface area (Å²) in [6.07, 6.45) is -3.45. The van der Waals surface area contributed by atoms with Crippen molar-refractivity contribution in [3.8, 4) is 11.5 Å². The summed E-state index contributed by atoms with van der Waals surface area (Å²) in [7, 11) is 1.48. The van der Waals surface area contributed by atoms with Gasteiger partial charge in [0.25, 0.3) is 5.82 Å². The van der Waals surface area contributed by atoms with Crippen LogP contribution in [-0.2, 0) is 12.8 Å². The molecule has 10 heteroatoms. The first kappa shape index (κ1) is 21.6. The van der Waals surface area contributed by atoms with Crippen molar-refractivity contribution in [2.24, 2.45) is 5.10 Å². The van der Waals surface area contributed by atoms with E-state index in [9.17, 15) is 13.2 Å². The minimum Gasteiger partial charge on any atom is -0.493 e. The van der Waals surface area contributed by atoms with Gasteiger partial charge in [0.15, 0.2) is 11.5 Å². The van der Waals surface area contributed by atoms with Crippen LogP contribution in [0.3, 0.4) is 0 Å². The van der Waals surface area contributed by atoms with Gasteiger partial charge in [-0.3, -0.25) is 0 Å². The van der Waals surface area contributed by atoms with Gasteiger partial charge in [0.05, 0.1) is 13.3 Å². The lowest BCUT2D eigenvalue weighted by molar-refractivity contribution is -0.147. The molecule has 0 amide bonds. The molecule has 0 aliphatic rings. The standard InChI is InChI=1S/C20H19F3N4O2S/c1-12-6-13(2)8-15(7-12)11-29-16-5-4-14(9-17(16)28-3)10-24-27-18(20(21,22)23)25-26-19(27)30/h4-10H,11H2,1-3H3,(H,26,30)/b24-10+. The number of halogens is 3. The van der Waals surface area contributed by atoms with E-state index in [1.807, 2.05) is 26.0 Å². The summed E-state index contributed by atoms with van der Waals surface area (Å²) in [5.41, 5.74) is 3.81. The van der Waals surface area contributed by atoms with Crippen LogP contribution in [0.4, 0.5) is 13.2 Å². The average Bonchev–Trinajstić information content (AvgIpc) is 3.05. The summed E-state index contributed by atoms with van der Waals surface area (Å²) in [5, 5.41) is 9.06. The molecule has 0 aliphatic heterocycles. The van der Waals surface area contributed by atoms with Crippen molar-refractivity contribution in [1.82, 2.24) is 14.9 Å². The Kier molecular flexibility index (Phi) is 6.25. The summed E-state index contributed by atoms with van der Waals surface area (Å²) >= 11 is 4.81. The molecule has 1 heterocycles. The van der Waals surface area contributed by atoms with Crippen LogP contribution in [0.2, 0.25) is 0 Å². The molecule has 0 saturated carbocycles. The number of benzene rings is 2. The molecule has 2 aromatic carbocycles. The first-order valence-electron chi connectivity index (χ1n) is 8.84. The van der Waals surface area contributed by atoms with Gasteiger partial charge < -0.3 is 9.47 Å². The number of alkyl halides is 3. The predicted molar refractivity (Wildman–Crippen MR) is 109 cm³/mol. The number of nitrogens with one attached hydrogen (secondary N) is 1. The number of ether oxygens (including phenoxy) is 2. The van der Waals surface area contributed by atoms with Gasteiger partial charge >= 0.3 is 6.18 Å². The number of rotatable bonds is 6. The number of nitrogens with zero attached hydrogens (tertiary/aromatic N) is 3. The Labute approximate surface area is 176 Å². The summed E-state index contributed by atoms with van der Waals surface area (Å²) in [6.45, 7) is 4.38. The SMILES string of the molecule is COc1cc(/C=N/n2c(C(F)(F)F)n[nH]c2=S)ccc1OCc1cc(C)cc(C)c1. The van der Waals surface area contributed by atoms with Crippen LogP contribution in [0.15, 0.2) is 41.5 Å². The van der Waals surface area contributed by atoms with Gasteiger partial charge in [-0.2, -0.15) is 22.9 Å². The summed E-state index contributed by atoms with van der Waals surface area (Å²) in [5.74, 6) is -0.302. The van der Waals surface area contributed by atoms with E-state index < -0.39 is 12.0 Å². The van der Waals surface area contributed by atoms with Crippen LogP contribution in [0.5, 0.6) is 11.5 Å². The zero-order chi connectivity index (χ0) is 21.9. The highest BCUT2D eigenvalue weighted by Gasteiger charge is 2.37. The molecule has 0 aliphatic carbocycles. The number of hydrogen-bond donors (Lipinski definition) is 1. The summed E-state index contributed by atoms with van der Waals surface area (Å²) in [4.78, 5) is 0. The van der Waals surface area contributed by atoms with Crippen molar-refractivity contribution in [2.45, 2.75) is 26.6 Å². The van der Waals surface area contributed by atoms with E-state index in [0.717, 1.165) is 16.7 Å². The Bertz CT molecular complexity index is 1120. The largest absolute Gasteiger partial charge is 0.493 e. The third-order valence-corrected chi connectivity index (χ3v) is 4.35. The van der Waals surface area contributed by atoms with Gasteiger partial charge in [0.2, 0.25) is 4.77 Å². The molecule has 158 valence electrons. The molecule has 30 heavy (non-hydrogen) atoms. The maximum absolute atomic E-state index is 13.0. The van der Waals surface area contributed by atoms with Crippen LogP contribution in [-0.4, -0.2) is 28.2 Å². The smallest absolute Gasteiger partial charge is 0.453 e. The van der Waals surface area contributed by atoms with Gasteiger partial charge in [-0.25, -0.2) is 5.10 Å². The van der Waals surface area contributed by atoms with Gasteiger partial charge in [0.1, 0.15) is 6.61 Å². The molecule has 0 bridgehead atoms. The Balaban J connectivity index is 1.80. The lowest BCUT2D eigenvalue weighted by Gasteiger charge is -2.12. The molecule has 0 saturated heterocycles. The molecule has 3 rings (SSSR count). The van der Waals surface area contributed by atoms with Crippen LogP contribution in [0.25, 0.3) is 0 Å². The second kappa shape index (κ2) is 8.70. The van der Waals surface area contributed by atoms with Gasteiger partial charge in [-0.15, -0.1) is 5.10 Å². The summed E-state index contributed by atoms with van der Waals surface area (Å²) < 4.78 is 50.4. The van der Waals surface area contributed by atoms with Crippen molar-refractivity contribution in [2.75, 3.05) is 7.11 Å². The van der Waals surface area contributed by atoms with Crippen LogP contribution >= 0.6 is 12.2 Å². The Morgan fingerprint density at radius 1 is 1.13 bits per heavy atom. The van der Waals surface area contributed by atoms with Gasteiger partial charge in [-0.05, 0) is 55.4 Å². The number of aryl methyl sites for hydroxylation is 2. The molecular formula is C20H19F3N4O2S. The topological polar surface area (TPSA) is 64.4 Å². The van der Waals surface area contributed by atoms with E-state index in [0.29, 0.717) is 28.3 Å². The number of H-pyrrole nitrogens is 1. The Morgan fingerprint density at radius 2 is 1.83 bits per heavy atom. The molecule has 0 unspecified atom stereocenters. The maximum atomic E-state index is 13.0. The van der Waals surface area contributed by atoms with E-state index in [1.54, 1.807) is 18.2 Å². The molecule has 0 atom stereocenters. The summed E-state index contributed by atoms with van der Waals surface area (Å²) in [6, 6.07) is 11.1. The third kappa shape index (κ3) is 5.07. The minimum absolute atomic E-state index is 0.265. The molecule has 0 spiro atoms. The second-order valence-corrected chi connectivity index (χ2v) is 6.99. The molecular weight excluding hydrogens is 417 g/mol. The van der Waals surface area contributed by atoms with Crippen LogP contribution < -0.4 is 9.47 Å². The van der Waals surface area contributed by atoms with Crippen LogP contribution in [0, 0.1) is 18.6 Å². The van der Waals surface area contributed by atoms with E-state index in [4.69, 9.17) is 21.7 Å². The highest BCUT2D eigenvalue weighted by atomic mass is 32.1. The normalized spacial score (nSPS) is 11.8. The zero-order valence-electron chi connectivity index (χ0n) is 16.4. The fourth-order valence-corrected chi connectivity index (χ4v) is 3.08. The monoisotopic (exact) mass is 436 g/mol. The Hall–Kier alpha value is -3.14. The maximum Gasteiger partial charge on any atom is 0.453 e. The molecule has 6 nitrogen and oxygen atoms in total. The van der Waals surface area contributed by atoms with E-state index in [2.05, 4.69) is 21.4 Å². The van der Waals surface area contributed by atoms with Crippen molar-refractivity contribution in [1.29, 1.82) is 0 Å². The van der Waals surface area contributed by atoms with Crippen molar-refractivity contribution >= 4 is 18.4 Å². The number of methoxy groups -OCH3 is 1. The number of aromatic nitrogens is 3. The molecule has 0 fully saturated rings. The number of hydrogen-bond acceptors (Lipinski definition) is 5. The second-order valence-electron chi connectivity index (χ2n) is 6.60. The quantitative estimate of drug-likeness (QED) is 0.434. The highest BCUT2D eigenvalue weighted by molar-refractivity contribution is 7.71. The Morgan fingerprint density at radius 3 is 2.47 bits per heavy atom.